The highest BCUT2D eigenvalue weighted by molar-refractivity contribution is 5.77. The van der Waals surface area contributed by atoms with Gasteiger partial charge in [-0.25, -0.2) is 0 Å². The van der Waals surface area contributed by atoms with E-state index in [1.54, 1.807) is 6.92 Å². The predicted molar refractivity (Wildman–Crippen MR) is 60.0 cm³/mol. The molecule has 0 radical (unpaired) electrons. The molecule has 0 fully saturated rings. The molecule has 1 N–H and O–H groups in total. The van der Waals surface area contributed by atoms with Crippen LogP contribution in [0.1, 0.15) is 33.1 Å². The Balaban J connectivity index is 3.33. The van der Waals surface area contributed by atoms with Crippen LogP contribution in [0.2, 0.25) is 0 Å². The van der Waals surface area contributed by atoms with Crippen LogP contribution in [-0.2, 0) is 19.1 Å². The van der Waals surface area contributed by atoms with Gasteiger partial charge in [0.2, 0.25) is 5.91 Å². The second kappa shape index (κ2) is 10.4. The molecule has 0 aliphatic rings. The Bertz CT molecular complexity index is 206. The minimum absolute atomic E-state index is 0.0969. The van der Waals surface area contributed by atoms with E-state index < -0.39 is 0 Å². The van der Waals surface area contributed by atoms with Crippen LogP contribution in [0.4, 0.5) is 0 Å². The highest BCUT2D eigenvalue weighted by atomic mass is 16.5. The van der Waals surface area contributed by atoms with Crippen molar-refractivity contribution in [2.75, 3.05) is 26.4 Å². The summed E-state index contributed by atoms with van der Waals surface area (Å²) in [4.78, 5) is 22.1. The quantitative estimate of drug-likeness (QED) is 0.472. The highest BCUT2D eigenvalue weighted by Gasteiger charge is 2.04. The largest absolute Gasteiger partial charge is 0.466 e. The molecule has 5 nitrogen and oxygen atoms in total. The second-order valence-electron chi connectivity index (χ2n) is 3.27. The van der Waals surface area contributed by atoms with Crippen molar-refractivity contribution in [3.8, 4) is 0 Å². The lowest BCUT2D eigenvalue weighted by Crippen LogP contribution is -2.27. The van der Waals surface area contributed by atoms with Crippen LogP contribution < -0.4 is 5.32 Å². The molecule has 0 spiro atoms. The fourth-order valence-electron chi connectivity index (χ4n) is 1.04. The average molecular weight is 231 g/mol. The fraction of sp³-hybridized carbons (Fsp3) is 0.818. The van der Waals surface area contributed by atoms with Crippen LogP contribution in [-0.4, -0.2) is 38.2 Å². The monoisotopic (exact) mass is 231 g/mol. The molecule has 1 amide bonds. The summed E-state index contributed by atoms with van der Waals surface area (Å²) in [7, 11) is 0. The first-order chi connectivity index (χ1) is 7.70. The smallest absolute Gasteiger partial charge is 0.307 e. The van der Waals surface area contributed by atoms with Gasteiger partial charge in [0, 0.05) is 19.6 Å². The molecule has 5 heteroatoms. The molecule has 0 heterocycles. The number of nitrogens with one attached hydrogen (secondary N) is 1. The van der Waals surface area contributed by atoms with Gasteiger partial charge in [-0.2, -0.15) is 0 Å². The van der Waals surface area contributed by atoms with Crippen molar-refractivity contribution in [3.05, 3.63) is 0 Å². The highest BCUT2D eigenvalue weighted by Crippen LogP contribution is 1.88. The molecule has 0 aliphatic carbocycles. The van der Waals surface area contributed by atoms with Crippen molar-refractivity contribution < 1.29 is 19.1 Å². The molecule has 0 aromatic rings. The maximum Gasteiger partial charge on any atom is 0.307 e. The molecule has 0 saturated heterocycles. The number of ether oxygens (including phenoxy) is 2. The number of amides is 1. The SMILES string of the molecule is CCCOCCC(=O)NCCC(=O)OCC. The normalized spacial score (nSPS) is 9.88. The Hall–Kier alpha value is -1.10. The number of carbonyl (C=O) groups is 2. The summed E-state index contributed by atoms with van der Waals surface area (Å²) in [5.74, 6) is -0.384. The first-order valence-electron chi connectivity index (χ1n) is 5.70. The minimum Gasteiger partial charge on any atom is -0.466 e. The van der Waals surface area contributed by atoms with Gasteiger partial charge in [-0.1, -0.05) is 6.92 Å². The molecule has 0 atom stereocenters. The summed E-state index contributed by atoms with van der Waals surface area (Å²) in [5.41, 5.74) is 0. The summed E-state index contributed by atoms with van der Waals surface area (Å²) in [6.07, 6.45) is 1.50. The van der Waals surface area contributed by atoms with E-state index in [9.17, 15) is 9.59 Å². The van der Waals surface area contributed by atoms with Crippen molar-refractivity contribution in [2.45, 2.75) is 33.1 Å². The third kappa shape index (κ3) is 9.45. The molecular formula is C11H21NO4. The number of hydrogen-bond donors (Lipinski definition) is 1. The number of carbonyl (C=O) groups excluding carboxylic acids is 2. The number of rotatable bonds is 9. The van der Waals surface area contributed by atoms with Crippen molar-refractivity contribution in [1.29, 1.82) is 0 Å². The average Bonchev–Trinajstić information content (AvgIpc) is 2.25. The van der Waals surface area contributed by atoms with Crippen molar-refractivity contribution in [2.24, 2.45) is 0 Å². The van der Waals surface area contributed by atoms with Gasteiger partial charge in [-0.15, -0.1) is 0 Å². The summed E-state index contributed by atoms with van der Waals surface area (Å²) in [6.45, 7) is 5.57. The van der Waals surface area contributed by atoms with E-state index in [0.29, 0.717) is 32.8 Å². The molecule has 0 saturated carbocycles. The maximum absolute atomic E-state index is 11.2. The zero-order valence-electron chi connectivity index (χ0n) is 10.1. The second-order valence-corrected chi connectivity index (χ2v) is 3.27. The van der Waals surface area contributed by atoms with Gasteiger partial charge >= 0.3 is 5.97 Å². The van der Waals surface area contributed by atoms with Crippen LogP contribution in [0, 0.1) is 0 Å². The van der Waals surface area contributed by atoms with Gasteiger partial charge in [0.25, 0.3) is 0 Å². The fourth-order valence-corrected chi connectivity index (χ4v) is 1.04. The molecule has 0 bridgehead atoms. The van der Waals surface area contributed by atoms with Crippen molar-refractivity contribution in [3.63, 3.8) is 0 Å². The molecule has 0 unspecified atom stereocenters. The Morgan fingerprint density at radius 3 is 2.50 bits per heavy atom. The summed E-state index contributed by atoms with van der Waals surface area (Å²) in [6, 6.07) is 0. The Morgan fingerprint density at radius 2 is 1.88 bits per heavy atom. The summed E-state index contributed by atoms with van der Waals surface area (Å²) < 4.78 is 9.89. The van der Waals surface area contributed by atoms with E-state index in [1.165, 1.54) is 0 Å². The Kier molecular flexibility index (Phi) is 9.70. The van der Waals surface area contributed by atoms with Crippen LogP contribution >= 0.6 is 0 Å². The van der Waals surface area contributed by atoms with E-state index in [0.717, 1.165) is 6.42 Å². The minimum atomic E-state index is -0.287. The van der Waals surface area contributed by atoms with Crippen molar-refractivity contribution >= 4 is 11.9 Å². The zero-order chi connectivity index (χ0) is 12.2. The van der Waals surface area contributed by atoms with Gasteiger partial charge in [-0.3, -0.25) is 9.59 Å². The van der Waals surface area contributed by atoms with E-state index in [1.807, 2.05) is 6.92 Å². The molecule has 0 rings (SSSR count). The summed E-state index contributed by atoms with van der Waals surface area (Å²) in [5, 5.41) is 2.63. The molecule has 16 heavy (non-hydrogen) atoms. The van der Waals surface area contributed by atoms with Gasteiger partial charge in [0.15, 0.2) is 0 Å². The predicted octanol–water partition coefficient (Wildman–Crippen LogP) is 0.873. The van der Waals surface area contributed by atoms with Crippen LogP contribution in [0.3, 0.4) is 0 Å². The molecule has 0 aliphatic heterocycles. The number of hydrogen-bond acceptors (Lipinski definition) is 4. The maximum atomic E-state index is 11.2. The number of esters is 1. The van der Waals surface area contributed by atoms with E-state index in [-0.39, 0.29) is 18.3 Å². The van der Waals surface area contributed by atoms with Crippen LogP contribution in [0.15, 0.2) is 0 Å². The van der Waals surface area contributed by atoms with E-state index in [4.69, 9.17) is 9.47 Å². The lowest BCUT2D eigenvalue weighted by atomic mass is 10.4. The first kappa shape index (κ1) is 14.9. The molecule has 0 aromatic carbocycles. The van der Waals surface area contributed by atoms with E-state index >= 15 is 0 Å². The van der Waals surface area contributed by atoms with Gasteiger partial charge in [0.1, 0.15) is 0 Å². The molecule has 94 valence electrons. The van der Waals surface area contributed by atoms with Gasteiger partial charge in [0.05, 0.1) is 19.6 Å². The first-order valence-corrected chi connectivity index (χ1v) is 5.70. The standard InChI is InChI=1S/C11H21NO4/c1-3-8-15-9-6-10(13)12-7-5-11(14)16-4-2/h3-9H2,1-2H3,(H,12,13). The van der Waals surface area contributed by atoms with Gasteiger partial charge in [-0.05, 0) is 13.3 Å². The zero-order valence-corrected chi connectivity index (χ0v) is 10.1. The van der Waals surface area contributed by atoms with Gasteiger partial charge < -0.3 is 14.8 Å². The van der Waals surface area contributed by atoms with Crippen LogP contribution in [0.25, 0.3) is 0 Å². The van der Waals surface area contributed by atoms with Crippen LogP contribution in [0.5, 0.6) is 0 Å². The lowest BCUT2D eigenvalue weighted by molar-refractivity contribution is -0.143. The summed E-state index contributed by atoms with van der Waals surface area (Å²) >= 11 is 0. The third-order valence-electron chi connectivity index (χ3n) is 1.78. The Labute approximate surface area is 96.5 Å². The van der Waals surface area contributed by atoms with E-state index in [2.05, 4.69) is 5.32 Å². The third-order valence-corrected chi connectivity index (χ3v) is 1.78. The molecule has 0 aromatic heterocycles. The Morgan fingerprint density at radius 1 is 1.12 bits per heavy atom. The topological polar surface area (TPSA) is 64.6 Å². The lowest BCUT2D eigenvalue weighted by Gasteiger charge is -2.05. The van der Waals surface area contributed by atoms with Crippen molar-refractivity contribution in [1.82, 2.24) is 5.32 Å². The molecular weight excluding hydrogens is 210 g/mol.